The van der Waals surface area contributed by atoms with Crippen molar-refractivity contribution >= 4 is 37.9 Å². The summed E-state index contributed by atoms with van der Waals surface area (Å²) in [6.45, 7) is 22.1. The zero-order valence-corrected chi connectivity index (χ0v) is 32.4. The van der Waals surface area contributed by atoms with Gasteiger partial charge in [-0.15, -0.1) is 0 Å². The molecule has 0 radical (unpaired) electrons. The Balaban J connectivity index is 1.47. The van der Waals surface area contributed by atoms with Crippen LogP contribution < -0.4 is 9.64 Å². The van der Waals surface area contributed by atoms with Gasteiger partial charge in [0, 0.05) is 49.8 Å². The molecule has 2 saturated heterocycles. The lowest BCUT2D eigenvalue weighted by Gasteiger charge is -2.54. The molecule has 1 aromatic heterocycles. The van der Waals surface area contributed by atoms with Crippen LogP contribution >= 0.6 is 11.6 Å². The van der Waals surface area contributed by atoms with E-state index in [4.69, 9.17) is 35.2 Å². The first-order valence-electron chi connectivity index (χ1n) is 16.7. The number of likely N-dealkylation sites (tertiary alicyclic amines) is 1. The van der Waals surface area contributed by atoms with Crippen LogP contribution in [-0.2, 0) is 13.9 Å². The van der Waals surface area contributed by atoms with Gasteiger partial charge in [-0.1, -0.05) is 44.5 Å². The molecule has 266 valence electrons. The fourth-order valence-corrected chi connectivity index (χ4v) is 7.28. The van der Waals surface area contributed by atoms with Gasteiger partial charge < -0.3 is 33.3 Å². The third-order valence-corrected chi connectivity index (χ3v) is 14.6. The minimum absolute atomic E-state index is 0.0219. The number of ether oxygens (including phenoxy) is 3. The van der Waals surface area contributed by atoms with Crippen molar-refractivity contribution in [1.82, 2.24) is 19.8 Å². The summed E-state index contributed by atoms with van der Waals surface area (Å²) in [6.07, 6.45) is 0.814. The summed E-state index contributed by atoms with van der Waals surface area (Å²) in [6, 6.07) is 7.65. The van der Waals surface area contributed by atoms with Crippen LogP contribution in [0.2, 0.25) is 23.3 Å². The Hall–Kier alpha value is -3.09. The Morgan fingerprint density at radius 2 is 1.73 bits per heavy atom. The molecule has 2 fully saturated rings. The van der Waals surface area contributed by atoms with E-state index in [1.807, 2.05) is 52.0 Å². The summed E-state index contributed by atoms with van der Waals surface area (Å²) in [5.41, 5.74) is 1.18. The number of anilines is 1. The number of hydrogen-bond acceptors (Lipinski definition) is 9. The highest BCUT2D eigenvalue weighted by Crippen LogP contribution is 2.44. The van der Waals surface area contributed by atoms with Gasteiger partial charge in [-0.25, -0.2) is 19.6 Å². The van der Waals surface area contributed by atoms with E-state index in [0.29, 0.717) is 36.4 Å². The predicted octanol–water partition coefficient (Wildman–Crippen LogP) is 7.41. The number of halogens is 1. The van der Waals surface area contributed by atoms with Crippen molar-refractivity contribution in [2.24, 2.45) is 5.41 Å². The number of hydrogen-bond donors (Lipinski definition) is 0. The van der Waals surface area contributed by atoms with Gasteiger partial charge in [0.2, 0.25) is 0 Å². The molecule has 3 heterocycles. The van der Waals surface area contributed by atoms with E-state index in [2.05, 4.69) is 43.7 Å². The van der Waals surface area contributed by atoms with Crippen molar-refractivity contribution in [3.8, 4) is 17.1 Å². The molecule has 2 aromatic rings. The van der Waals surface area contributed by atoms with Gasteiger partial charge in [0.15, 0.2) is 14.1 Å². The van der Waals surface area contributed by atoms with Crippen LogP contribution in [0.25, 0.3) is 11.4 Å². The highest BCUT2D eigenvalue weighted by Gasteiger charge is 2.47. The van der Waals surface area contributed by atoms with Gasteiger partial charge in [0.05, 0.1) is 19.8 Å². The molecule has 1 atom stereocenters. The van der Waals surface area contributed by atoms with Crippen molar-refractivity contribution in [1.29, 1.82) is 0 Å². The van der Waals surface area contributed by atoms with E-state index >= 15 is 0 Å². The van der Waals surface area contributed by atoms with Crippen molar-refractivity contribution in [3.05, 3.63) is 35.0 Å². The Bertz CT molecular complexity index is 1460. The number of carbonyl (C=O) groups excluding carboxylic acids is 2. The molecule has 1 spiro atoms. The Morgan fingerprint density at radius 1 is 1.08 bits per heavy atom. The molecule has 0 bridgehead atoms. The maximum atomic E-state index is 12.8. The topological polar surface area (TPSA) is 107 Å². The second-order valence-electron chi connectivity index (χ2n) is 15.8. The van der Waals surface area contributed by atoms with Crippen LogP contribution in [0.3, 0.4) is 0 Å². The molecule has 11 nitrogen and oxygen atoms in total. The molecule has 1 aromatic carbocycles. The van der Waals surface area contributed by atoms with Crippen LogP contribution in [-0.4, -0.2) is 105 Å². The standard InChI is InChI=1S/C35H54ClN5O6Si/c1-24-28(36)37-29(38-30(24)41-22-35(23-41)15-17-40(18-16-35)32(43)44-9)25-13-12-14-26(19-25)45-21-27(47-48(10,11)34(5,6)7)20-39(8)31(42)46-33(2,3)4/h12-14,19,27H,15-18,20-23H2,1-11H3. The van der Waals surface area contributed by atoms with Gasteiger partial charge in [0.25, 0.3) is 0 Å². The molecule has 0 saturated carbocycles. The second-order valence-corrected chi connectivity index (χ2v) is 20.9. The fraction of sp³-hybridized carbons (Fsp3) is 0.657. The molecule has 2 amide bonds. The third kappa shape index (κ3) is 9.12. The van der Waals surface area contributed by atoms with E-state index in [0.717, 1.165) is 42.9 Å². The highest BCUT2D eigenvalue weighted by molar-refractivity contribution is 6.74. The first-order valence-corrected chi connectivity index (χ1v) is 20.0. The van der Waals surface area contributed by atoms with Gasteiger partial charge in [0.1, 0.15) is 28.9 Å². The van der Waals surface area contributed by atoms with Gasteiger partial charge in [-0.3, -0.25) is 0 Å². The average molecular weight is 704 g/mol. The summed E-state index contributed by atoms with van der Waals surface area (Å²) in [5, 5.41) is 0.391. The molecule has 0 N–H and O–H groups in total. The van der Waals surface area contributed by atoms with Crippen molar-refractivity contribution in [2.45, 2.75) is 91.1 Å². The molecule has 2 aliphatic heterocycles. The minimum Gasteiger partial charge on any atom is -0.491 e. The minimum atomic E-state index is -2.19. The molecule has 0 aliphatic carbocycles. The number of aromatic nitrogens is 2. The number of piperidine rings is 1. The zero-order chi connectivity index (χ0) is 35.7. The fourth-order valence-electron chi connectivity index (χ4n) is 5.79. The van der Waals surface area contributed by atoms with Crippen molar-refractivity contribution in [3.63, 3.8) is 0 Å². The van der Waals surface area contributed by atoms with Crippen LogP contribution in [0, 0.1) is 12.3 Å². The normalized spacial score (nSPS) is 17.1. The zero-order valence-electron chi connectivity index (χ0n) is 30.6. The SMILES string of the molecule is COC(=O)N1CCC2(CC1)CN(c1nc(-c3cccc(OCC(CN(C)C(=O)OC(C)(C)C)O[Si](C)(C)C(C)(C)C)c3)nc(Cl)c1C)C2. The molecule has 48 heavy (non-hydrogen) atoms. The van der Waals surface area contributed by atoms with Crippen molar-refractivity contribution < 1.29 is 28.2 Å². The van der Waals surface area contributed by atoms with E-state index in [1.165, 1.54) is 7.11 Å². The van der Waals surface area contributed by atoms with Crippen LogP contribution in [0.15, 0.2) is 24.3 Å². The number of methoxy groups -OCH3 is 1. The van der Waals surface area contributed by atoms with E-state index in [-0.39, 0.29) is 29.3 Å². The molecular weight excluding hydrogens is 650 g/mol. The number of rotatable bonds is 9. The van der Waals surface area contributed by atoms with E-state index < -0.39 is 20.0 Å². The number of benzene rings is 1. The maximum absolute atomic E-state index is 12.8. The first kappa shape index (κ1) is 37.7. The van der Waals surface area contributed by atoms with Crippen LogP contribution in [0.1, 0.15) is 59.9 Å². The summed E-state index contributed by atoms with van der Waals surface area (Å²) >= 11 is 6.67. The quantitative estimate of drug-likeness (QED) is 0.195. The van der Waals surface area contributed by atoms with Gasteiger partial charge >= 0.3 is 12.2 Å². The maximum Gasteiger partial charge on any atom is 0.410 e. The van der Waals surface area contributed by atoms with Crippen molar-refractivity contribution in [2.75, 3.05) is 58.4 Å². The lowest BCUT2D eigenvalue weighted by Crippen LogP contribution is -2.61. The predicted molar refractivity (Wildman–Crippen MR) is 192 cm³/mol. The molecular formula is C35H54ClN5O6Si. The average Bonchev–Trinajstić information content (AvgIpc) is 2.98. The van der Waals surface area contributed by atoms with E-state index in [1.54, 1.807) is 16.8 Å². The highest BCUT2D eigenvalue weighted by atomic mass is 35.5. The van der Waals surface area contributed by atoms with E-state index in [9.17, 15) is 9.59 Å². The van der Waals surface area contributed by atoms with Gasteiger partial charge in [-0.2, -0.15) is 0 Å². The lowest BCUT2D eigenvalue weighted by atomic mass is 9.72. The Morgan fingerprint density at radius 3 is 2.31 bits per heavy atom. The Labute approximate surface area is 292 Å². The summed E-state index contributed by atoms with van der Waals surface area (Å²) < 4.78 is 23.6. The Kier molecular flexibility index (Phi) is 11.3. The summed E-state index contributed by atoms with van der Waals surface area (Å²) in [5.74, 6) is 1.98. The number of likely N-dealkylation sites (N-methyl/N-ethyl adjacent to an activating group) is 1. The van der Waals surface area contributed by atoms with Gasteiger partial charge in [-0.05, 0) is 70.8 Å². The molecule has 2 aliphatic rings. The molecule has 1 unspecified atom stereocenters. The first-order chi connectivity index (χ1) is 22.2. The summed E-state index contributed by atoms with van der Waals surface area (Å²) in [4.78, 5) is 39.9. The largest absolute Gasteiger partial charge is 0.491 e. The molecule has 4 rings (SSSR count). The number of carbonyl (C=O) groups is 2. The second kappa shape index (κ2) is 14.4. The smallest absolute Gasteiger partial charge is 0.410 e. The molecule has 13 heteroatoms. The number of nitrogens with zero attached hydrogens (tertiary/aromatic N) is 5. The third-order valence-electron chi connectivity index (χ3n) is 9.65. The lowest BCUT2D eigenvalue weighted by molar-refractivity contribution is 0.0172. The number of amides is 2. The van der Waals surface area contributed by atoms with Crippen LogP contribution in [0.4, 0.5) is 15.4 Å². The van der Waals surface area contributed by atoms with Crippen LogP contribution in [0.5, 0.6) is 5.75 Å². The summed E-state index contributed by atoms with van der Waals surface area (Å²) in [7, 11) is 0.953. The monoisotopic (exact) mass is 703 g/mol.